The Morgan fingerprint density at radius 2 is 2.07 bits per heavy atom. The molecule has 0 N–H and O–H groups in total. The second kappa shape index (κ2) is 8.67. The van der Waals surface area contributed by atoms with E-state index in [4.69, 9.17) is 4.99 Å². The monoisotopic (exact) mass is 380 g/mol. The van der Waals surface area contributed by atoms with E-state index >= 15 is 0 Å². The molecule has 4 nitrogen and oxygen atoms in total. The second-order valence-corrected chi connectivity index (χ2v) is 9.05. The van der Waals surface area contributed by atoms with Gasteiger partial charge in [-0.3, -0.25) is 4.99 Å². The Labute approximate surface area is 170 Å². The minimum absolute atomic E-state index is 0.493. The van der Waals surface area contributed by atoms with Crippen LogP contribution in [0.15, 0.2) is 45.1 Å². The number of fused-ring (bicyclic) bond motifs is 2. The lowest BCUT2D eigenvalue weighted by molar-refractivity contribution is 0.231. The van der Waals surface area contributed by atoms with Crippen LogP contribution < -0.4 is 0 Å². The fourth-order valence-electron chi connectivity index (χ4n) is 5.07. The quantitative estimate of drug-likeness (QED) is 0.549. The van der Waals surface area contributed by atoms with Crippen molar-refractivity contribution in [3.63, 3.8) is 0 Å². The molecule has 2 heterocycles. The molecule has 0 bridgehead atoms. The molecule has 0 aromatic rings. The van der Waals surface area contributed by atoms with E-state index in [1.807, 2.05) is 0 Å². The van der Waals surface area contributed by atoms with E-state index in [9.17, 15) is 0 Å². The number of rotatable bonds is 8. The van der Waals surface area contributed by atoms with E-state index in [1.54, 1.807) is 5.57 Å². The third kappa shape index (κ3) is 4.11. The summed E-state index contributed by atoms with van der Waals surface area (Å²) in [6, 6.07) is 2.16. The van der Waals surface area contributed by atoms with Crippen LogP contribution in [0, 0.1) is 0 Å². The fourth-order valence-corrected chi connectivity index (χ4v) is 5.07. The molecular weight excluding hydrogens is 344 g/mol. The maximum atomic E-state index is 4.78. The highest BCUT2D eigenvalue weighted by molar-refractivity contribution is 5.63. The molecule has 0 spiro atoms. The molecule has 4 aliphatic rings. The van der Waals surface area contributed by atoms with E-state index in [0.717, 1.165) is 19.4 Å². The van der Waals surface area contributed by atoms with Crippen LogP contribution in [0.5, 0.6) is 0 Å². The predicted molar refractivity (Wildman–Crippen MR) is 119 cm³/mol. The van der Waals surface area contributed by atoms with E-state index < -0.39 is 0 Å². The summed E-state index contributed by atoms with van der Waals surface area (Å²) in [7, 11) is 0. The van der Waals surface area contributed by atoms with Gasteiger partial charge < -0.3 is 9.80 Å². The van der Waals surface area contributed by atoms with Gasteiger partial charge in [-0.25, -0.2) is 4.99 Å². The lowest BCUT2D eigenvalue weighted by Gasteiger charge is -2.35. The summed E-state index contributed by atoms with van der Waals surface area (Å²) < 4.78 is 0. The average Bonchev–Trinajstić information content (AvgIpc) is 3.29. The van der Waals surface area contributed by atoms with E-state index in [0.29, 0.717) is 24.2 Å². The Balaban J connectivity index is 1.25. The van der Waals surface area contributed by atoms with Gasteiger partial charge in [-0.2, -0.15) is 0 Å². The summed E-state index contributed by atoms with van der Waals surface area (Å²) in [6.45, 7) is 8.05. The van der Waals surface area contributed by atoms with Gasteiger partial charge in [0.05, 0.1) is 36.5 Å². The van der Waals surface area contributed by atoms with Gasteiger partial charge >= 0.3 is 0 Å². The predicted octanol–water partition coefficient (Wildman–Crippen LogP) is 5.09. The molecule has 0 fully saturated rings. The van der Waals surface area contributed by atoms with Crippen LogP contribution in [0.1, 0.15) is 72.1 Å². The fraction of sp³-hybridized carbons (Fsp3) is 0.667. The van der Waals surface area contributed by atoms with Crippen LogP contribution in [0.4, 0.5) is 0 Å². The number of nitrogens with zero attached hydrogens (tertiary/aromatic N) is 4. The first-order valence-electron chi connectivity index (χ1n) is 11.3. The number of unbranched alkanes of at least 4 members (excludes halogenated alkanes) is 1. The number of hydrogen-bond acceptors (Lipinski definition) is 4. The van der Waals surface area contributed by atoms with Gasteiger partial charge in [-0.05, 0) is 64.9 Å². The number of hydrogen-bond donors (Lipinski definition) is 0. The van der Waals surface area contributed by atoms with E-state index in [1.165, 1.54) is 49.8 Å². The van der Waals surface area contributed by atoms with Gasteiger partial charge in [0.25, 0.3) is 0 Å². The highest BCUT2D eigenvalue weighted by Gasteiger charge is 2.34. The summed E-state index contributed by atoms with van der Waals surface area (Å²) in [4.78, 5) is 14.4. The Kier molecular flexibility index (Phi) is 6.03. The van der Waals surface area contributed by atoms with Crippen molar-refractivity contribution in [2.24, 2.45) is 9.98 Å². The van der Waals surface area contributed by atoms with Crippen molar-refractivity contribution < 1.29 is 0 Å². The van der Waals surface area contributed by atoms with Gasteiger partial charge in [0.2, 0.25) is 0 Å². The highest BCUT2D eigenvalue weighted by Crippen LogP contribution is 2.32. The van der Waals surface area contributed by atoms with Crippen LogP contribution in [-0.4, -0.2) is 53.2 Å². The molecule has 0 saturated heterocycles. The maximum Gasteiger partial charge on any atom is 0.0915 e. The SMILES string of the molecule is CCCCN1C=NC2=CC=C(CCCC(C)N3C=NC4CC=C(C)CC43)CC21. The molecule has 4 atom stereocenters. The Bertz CT molecular complexity index is 714. The Morgan fingerprint density at radius 3 is 2.93 bits per heavy atom. The van der Waals surface area contributed by atoms with Crippen LogP contribution in [0.3, 0.4) is 0 Å². The molecule has 2 aliphatic heterocycles. The van der Waals surface area contributed by atoms with Crippen molar-refractivity contribution in [2.45, 2.75) is 96.3 Å². The molecule has 28 heavy (non-hydrogen) atoms. The van der Waals surface area contributed by atoms with Crippen LogP contribution in [0.2, 0.25) is 0 Å². The highest BCUT2D eigenvalue weighted by atomic mass is 15.3. The van der Waals surface area contributed by atoms with Crippen LogP contribution >= 0.6 is 0 Å². The van der Waals surface area contributed by atoms with Crippen molar-refractivity contribution in [3.8, 4) is 0 Å². The van der Waals surface area contributed by atoms with Gasteiger partial charge in [-0.1, -0.05) is 36.6 Å². The summed E-state index contributed by atoms with van der Waals surface area (Å²) >= 11 is 0. The molecule has 0 aromatic heterocycles. The lowest BCUT2D eigenvalue weighted by Crippen LogP contribution is -2.43. The summed E-state index contributed by atoms with van der Waals surface area (Å²) in [5, 5.41) is 0. The van der Waals surface area contributed by atoms with E-state index in [2.05, 4.69) is 66.5 Å². The average molecular weight is 381 g/mol. The molecule has 152 valence electrons. The smallest absolute Gasteiger partial charge is 0.0915 e. The molecule has 0 amide bonds. The van der Waals surface area contributed by atoms with Crippen molar-refractivity contribution in [1.82, 2.24) is 9.80 Å². The first-order valence-corrected chi connectivity index (χ1v) is 11.3. The third-order valence-electron chi connectivity index (χ3n) is 6.90. The molecule has 0 saturated carbocycles. The zero-order chi connectivity index (χ0) is 19.5. The standard InChI is InChI=1S/C24H36N4/c1-4-5-13-27-16-25-21-12-10-20(15-23(21)27)8-6-7-19(3)28-17-26-22-11-9-18(2)14-24(22)28/h9-10,12,16-17,19,22-24H,4-8,11,13-15H2,1-3H3. The maximum absolute atomic E-state index is 4.78. The normalized spacial score (nSPS) is 29.4. The second-order valence-electron chi connectivity index (χ2n) is 9.05. The summed E-state index contributed by atoms with van der Waals surface area (Å²) in [6.07, 6.45) is 20.8. The summed E-state index contributed by atoms with van der Waals surface area (Å²) in [5.74, 6) is 0. The van der Waals surface area contributed by atoms with Crippen molar-refractivity contribution in [3.05, 3.63) is 35.1 Å². The molecule has 0 radical (unpaired) electrons. The largest absolute Gasteiger partial charge is 0.355 e. The van der Waals surface area contributed by atoms with Crippen LogP contribution in [0.25, 0.3) is 0 Å². The number of allylic oxidation sites excluding steroid dienone is 2. The molecule has 2 aliphatic carbocycles. The zero-order valence-electron chi connectivity index (χ0n) is 17.8. The number of aliphatic imine (C=N–C) groups is 2. The van der Waals surface area contributed by atoms with Gasteiger partial charge in [0.1, 0.15) is 0 Å². The molecular formula is C24H36N4. The van der Waals surface area contributed by atoms with Gasteiger partial charge in [0.15, 0.2) is 0 Å². The van der Waals surface area contributed by atoms with Crippen molar-refractivity contribution >= 4 is 12.7 Å². The minimum atomic E-state index is 0.493. The molecule has 4 rings (SSSR count). The zero-order valence-corrected chi connectivity index (χ0v) is 17.8. The molecule has 4 heteroatoms. The lowest BCUT2D eigenvalue weighted by atomic mass is 9.90. The van der Waals surface area contributed by atoms with Crippen LogP contribution in [-0.2, 0) is 0 Å². The van der Waals surface area contributed by atoms with Gasteiger partial charge in [-0.15, -0.1) is 0 Å². The molecule has 4 unspecified atom stereocenters. The summed E-state index contributed by atoms with van der Waals surface area (Å²) in [5.41, 5.74) is 4.39. The Hall–Kier alpha value is -1.84. The Morgan fingerprint density at radius 1 is 1.18 bits per heavy atom. The minimum Gasteiger partial charge on any atom is -0.355 e. The third-order valence-corrected chi connectivity index (χ3v) is 6.90. The first kappa shape index (κ1) is 19.5. The molecule has 0 aromatic carbocycles. The topological polar surface area (TPSA) is 31.2 Å². The first-order chi connectivity index (χ1) is 13.7. The van der Waals surface area contributed by atoms with Crippen molar-refractivity contribution in [1.29, 1.82) is 0 Å². The van der Waals surface area contributed by atoms with Crippen molar-refractivity contribution in [2.75, 3.05) is 6.54 Å². The van der Waals surface area contributed by atoms with Gasteiger partial charge in [0, 0.05) is 12.6 Å². The van der Waals surface area contributed by atoms with E-state index in [-0.39, 0.29) is 0 Å².